The van der Waals surface area contributed by atoms with Gasteiger partial charge in [0.1, 0.15) is 0 Å². The molecule has 1 atom stereocenters. The Kier molecular flexibility index (Phi) is 20.0. The molecule has 0 bridgehead atoms. The molecule has 2 nitrogen and oxygen atoms in total. The lowest BCUT2D eigenvalue weighted by Gasteiger charge is -2.30. The van der Waals surface area contributed by atoms with Crippen LogP contribution in [0, 0.1) is 11.3 Å². The topological polar surface area (TPSA) is 37.3 Å². The minimum absolute atomic E-state index is 0.453. The van der Waals surface area contributed by atoms with Crippen molar-refractivity contribution in [1.29, 1.82) is 0 Å². The van der Waals surface area contributed by atoms with E-state index in [0.717, 1.165) is 44.4 Å². The van der Waals surface area contributed by atoms with Crippen molar-refractivity contribution in [1.82, 2.24) is 0 Å². The summed E-state index contributed by atoms with van der Waals surface area (Å²) in [6, 6.07) is 0. The van der Waals surface area contributed by atoms with Crippen molar-refractivity contribution in [3.63, 3.8) is 0 Å². The molecule has 0 radical (unpaired) electrons. The van der Waals surface area contributed by atoms with Gasteiger partial charge in [0.25, 0.3) is 0 Å². The van der Waals surface area contributed by atoms with E-state index in [2.05, 4.69) is 27.7 Å². The fourth-order valence-corrected chi connectivity index (χ4v) is 4.96. The normalized spacial score (nSPS) is 12.9. The molecular formula is C28H56O2. The predicted molar refractivity (Wildman–Crippen MR) is 133 cm³/mol. The van der Waals surface area contributed by atoms with Gasteiger partial charge in [-0.15, -0.1) is 0 Å². The Balaban J connectivity index is 4.46. The molecule has 180 valence electrons. The minimum Gasteiger partial charge on any atom is -0.481 e. The summed E-state index contributed by atoms with van der Waals surface area (Å²) < 4.78 is 0. The summed E-state index contributed by atoms with van der Waals surface area (Å²) >= 11 is 0. The summed E-state index contributed by atoms with van der Waals surface area (Å²) in [6.07, 6.45) is 25.3. The SMILES string of the molecule is CCCCCCC(CC)CCCCCC(CCCCCC)(CCCCCC)C(=O)O. The third-order valence-electron chi connectivity index (χ3n) is 7.28. The van der Waals surface area contributed by atoms with Crippen LogP contribution in [0.5, 0.6) is 0 Å². The average Bonchev–Trinajstić information content (AvgIpc) is 2.74. The average molecular weight is 425 g/mol. The second-order valence-corrected chi connectivity index (χ2v) is 9.93. The molecule has 0 aromatic carbocycles. The van der Waals surface area contributed by atoms with Crippen LogP contribution in [0.3, 0.4) is 0 Å². The molecule has 1 unspecified atom stereocenters. The van der Waals surface area contributed by atoms with Crippen molar-refractivity contribution >= 4 is 5.97 Å². The quantitative estimate of drug-likeness (QED) is 0.166. The van der Waals surface area contributed by atoms with Gasteiger partial charge in [-0.25, -0.2) is 0 Å². The molecule has 30 heavy (non-hydrogen) atoms. The first-order valence-corrected chi connectivity index (χ1v) is 13.8. The molecule has 0 saturated heterocycles. The third kappa shape index (κ3) is 14.5. The molecule has 0 aliphatic carbocycles. The van der Waals surface area contributed by atoms with E-state index in [1.54, 1.807) is 0 Å². The highest BCUT2D eigenvalue weighted by atomic mass is 16.4. The Morgan fingerprint density at radius 2 is 0.967 bits per heavy atom. The summed E-state index contributed by atoms with van der Waals surface area (Å²) in [7, 11) is 0. The van der Waals surface area contributed by atoms with Gasteiger partial charge in [-0.2, -0.15) is 0 Å². The van der Waals surface area contributed by atoms with Gasteiger partial charge in [0.2, 0.25) is 0 Å². The van der Waals surface area contributed by atoms with Gasteiger partial charge < -0.3 is 5.11 Å². The first-order valence-electron chi connectivity index (χ1n) is 13.8. The number of rotatable bonds is 23. The summed E-state index contributed by atoms with van der Waals surface area (Å²) in [5.74, 6) is 0.368. The number of aliphatic carboxylic acids is 1. The van der Waals surface area contributed by atoms with Crippen molar-refractivity contribution in [2.24, 2.45) is 11.3 Å². The first kappa shape index (κ1) is 29.5. The lowest BCUT2D eigenvalue weighted by molar-refractivity contribution is -0.150. The van der Waals surface area contributed by atoms with E-state index in [9.17, 15) is 9.90 Å². The number of carbonyl (C=O) groups is 1. The molecule has 0 heterocycles. The highest BCUT2D eigenvalue weighted by Crippen LogP contribution is 2.38. The predicted octanol–water partition coefficient (Wildman–Crippen LogP) is 9.95. The van der Waals surface area contributed by atoms with Crippen LogP contribution >= 0.6 is 0 Å². The smallest absolute Gasteiger partial charge is 0.309 e. The van der Waals surface area contributed by atoms with Crippen LogP contribution in [-0.4, -0.2) is 11.1 Å². The van der Waals surface area contributed by atoms with E-state index < -0.39 is 11.4 Å². The summed E-state index contributed by atoms with van der Waals surface area (Å²) in [5, 5.41) is 10.2. The Hall–Kier alpha value is -0.530. The zero-order valence-electron chi connectivity index (χ0n) is 21.3. The molecule has 0 fully saturated rings. The van der Waals surface area contributed by atoms with Crippen LogP contribution in [0.4, 0.5) is 0 Å². The Labute approximate surface area is 190 Å². The van der Waals surface area contributed by atoms with Crippen LogP contribution in [0.2, 0.25) is 0 Å². The van der Waals surface area contributed by atoms with Crippen molar-refractivity contribution in [2.45, 2.75) is 163 Å². The second-order valence-electron chi connectivity index (χ2n) is 9.93. The van der Waals surface area contributed by atoms with Gasteiger partial charge in [-0.05, 0) is 25.2 Å². The lowest BCUT2D eigenvalue weighted by Crippen LogP contribution is -2.31. The van der Waals surface area contributed by atoms with E-state index >= 15 is 0 Å². The van der Waals surface area contributed by atoms with E-state index in [0.29, 0.717) is 0 Å². The maximum absolute atomic E-state index is 12.3. The summed E-state index contributed by atoms with van der Waals surface area (Å²) in [4.78, 5) is 12.3. The largest absolute Gasteiger partial charge is 0.481 e. The molecule has 0 saturated carbocycles. The molecule has 0 rings (SSSR count). The minimum atomic E-state index is -0.516. The molecule has 0 aliphatic heterocycles. The van der Waals surface area contributed by atoms with Gasteiger partial charge in [0, 0.05) is 0 Å². The summed E-state index contributed by atoms with van der Waals surface area (Å²) in [5.41, 5.74) is -0.453. The highest BCUT2D eigenvalue weighted by molar-refractivity contribution is 5.74. The number of carboxylic acids is 1. The number of hydrogen-bond acceptors (Lipinski definition) is 1. The fraction of sp³-hybridized carbons (Fsp3) is 0.964. The standard InChI is InChI=1S/C28H56O2/c1-5-9-12-16-21-26(8-4)22-17-15-20-25-28(27(29)30,23-18-13-10-6-2)24-19-14-11-7-3/h26H,5-25H2,1-4H3,(H,29,30). The van der Waals surface area contributed by atoms with E-state index in [1.165, 1.54) is 96.3 Å². The van der Waals surface area contributed by atoms with Crippen LogP contribution in [0.25, 0.3) is 0 Å². The van der Waals surface area contributed by atoms with E-state index in [1.807, 2.05) is 0 Å². The Morgan fingerprint density at radius 1 is 0.600 bits per heavy atom. The molecular weight excluding hydrogens is 368 g/mol. The molecule has 0 spiro atoms. The molecule has 2 heteroatoms. The van der Waals surface area contributed by atoms with Crippen LogP contribution in [-0.2, 0) is 4.79 Å². The number of carboxylic acid groups (broad SMARTS) is 1. The molecule has 0 aromatic rings. The molecule has 1 N–H and O–H groups in total. The maximum atomic E-state index is 12.3. The maximum Gasteiger partial charge on any atom is 0.309 e. The summed E-state index contributed by atoms with van der Waals surface area (Å²) in [6.45, 7) is 9.07. The van der Waals surface area contributed by atoms with E-state index in [4.69, 9.17) is 0 Å². The zero-order chi connectivity index (χ0) is 22.5. The molecule has 0 amide bonds. The molecule has 0 aromatic heterocycles. The van der Waals surface area contributed by atoms with Crippen molar-refractivity contribution < 1.29 is 9.90 Å². The number of unbranched alkanes of at least 4 members (excludes halogenated alkanes) is 11. The Bertz CT molecular complexity index is 365. The van der Waals surface area contributed by atoms with Crippen LogP contribution in [0.15, 0.2) is 0 Å². The van der Waals surface area contributed by atoms with Crippen LogP contribution < -0.4 is 0 Å². The van der Waals surface area contributed by atoms with Gasteiger partial charge in [0.15, 0.2) is 0 Å². The van der Waals surface area contributed by atoms with Gasteiger partial charge in [-0.1, -0.05) is 143 Å². The lowest BCUT2D eigenvalue weighted by atomic mass is 9.74. The number of hydrogen-bond donors (Lipinski definition) is 1. The fourth-order valence-electron chi connectivity index (χ4n) is 4.96. The first-order chi connectivity index (χ1) is 14.6. The van der Waals surface area contributed by atoms with E-state index in [-0.39, 0.29) is 0 Å². The monoisotopic (exact) mass is 424 g/mol. The van der Waals surface area contributed by atoms with Gasteiger partial charge >= 0.3 is 5.97 Å². The second kappa shape index (κ2) is 20.4. The Morgan fingerprint density at radius 3 is 1.30 bits per heavy atom. The third-order valence-corrected chi connectivity index (χ3v) is 7.28. The van der Waals surface area contributed by atoms with Crippen molar-refractivity contribution in [2.75, 3.05) is 0 Å². The van der Waals surface area contributed by atoms with Gasteiger partial charge in [-0.3, -0.25) is 4.79 Å². The van der Waals surface area contributed by atoms with Gasteiger partial charge in [0.05, 0.1) is 5.41 Å². The van der Waals surface area contributed by atoms with Crippen molar-refractivity contribution in [3.8, 4) is 0 Å². The zero-order valence-corrected chi connectivity index (χ0v) is 21.3. The molecule has 0 aliphatic rings. The highest BCUT2D eigenvalue weighted by Gasteiger charge is 2.36. The van der Waals surface area contributed by atoms with Crippen molar-refractivity contribution in [3.05, 3.63) is 0 Å². The van der Waals surface area contributed by atoms with Crippen LogP contribution in [0.1, 0.15) is 163 Å².